The summed E-state index contributed by atoms with van der Waals surface area (Å²) in [6.45, 7) is 2.80. The van der Waals surface area contributed by atoms with Crippen LogP contribution in [0.3, 0.4) is 0 Å². The van der Waals surface area contributed by atoms with Gasteiger partial charge in [0.25, 0.3) is 0 Å². The molecule has 0 saturated heterocycles. The highest BCUT2D eigenvalue weighted by Crippen LogP contribution is 2.24. The first kappa shape index (κ1) is 15.6. The van der Waals surface area contributed by atoms with Gasteiger partial charge in [-0.1, -0.05) is 19.4 Å². The van der Waals surface area contributed by atoms with Gasteiger partial charge in [0.2, 0.25) is 10.0 Å². The summed E-state index contributed by atoms with van der Waals surface area (Å²) in [5.74, 6) is 0.272. The molecule has 0 bridgehead atoms. The average molecular weight is 334 g/mol. The van der Waals surface area contributed by atoms with E-state index in [1.54, 1.807) is 18.2 Å². The van der Waals surface area contributed by atoms with E-state index in [4.69, 9.17) is 11.6 Å². The Kier molecular flexibility index (Phi) is 5.31. The molecule has 1 heterocycles. The summed E-state index contributed by atoms with van der Waals surface area (Å²) in [4.78, 5) is 0.213. The molecule has 0 saturated carbocycles. The van der Waals surface area contributed by atoms with Crippen LogP contribution >= 0.6 is 23.3 Å². The number of sulfonamides is 1. The number of halogens is 1. The Labute approximate surface area is 127 Å². The number of unbranched alkanes of at least 4 members (excludes halogenated alkanes) is 1. The number of benzene rings is 1. The zero-order valence-electron chi connectivity index (χ0n) is 11.1. The van der Waals surface area contributed by atoms with Gasteiger partial charge in [-0.25, -0.2) is 8.42 Å². The highest BCUT2D eigenvalue weighted by atomic mass is 35.5. The van der Waals surface area contributed by atoms with Crippen molar-refractivity contribution in [2.45, 2.75) is 24.7 Å². The molecular formula is C12H16ClN3O2S2. The molecule has 1 aromatic carbocycles. The molecule has 0 amide bonds. The van der Waals surface area contributed by atoms with Crippen molar-refractivity contribution in [2.24, 2.45) is 0 Å². The number of fused-ring (bicyclic) bond motifs is 1. The van der Waals surface area contributed by atoms with Crippen LogP contribution in [0.15, 0.2) is 23.1 Å². The van der Waals surface area contributed by atoms with Crippen LogP contribution in [-0.4, -0.2) is 40.4 Å². The van der Waals surface area contributed by atoms with Gasteiger partial charge in [0.1, 0.15) is 15.9 Å². The van der Waals surface area contributed by atoms with Gasteiger partial charge in [0.05, 0.1) is 11.7 Å². The second-order valence-corrected chi connectivity index (χ2v) is 7.15. The summed E-state index contributed by atoms with van der Waals surface area (Å²) in [6, 6.07) is 5.03. The molecule has 8 heteroatoms. The SMILES string of the molecule is CCCCN(CCCl)S(=O)(=O)c1cccc2nsnc12. The average Bonchev–Trinajstić information content (AvgIpc) is 2.91. The molecule has 0 N–H and O–H groups in total. The highest BCUT2D eigenvalue weighted by Gasteiger charge is 2.26. The van der Waals surface area contributed by atoms with Crippen LogP contribution in [0.1, 0.15) is 19.8 Å². The fraction of sp³-hybridized carbons (Fsp3) is 0.500. The minimum Gasteiger partial charge on any atom is -0.207 e. The van der Waals surface area contributed by atoms with Crippen LogP contribution < -0.4 is 0 Å². The lowest BCUT2D eigenvalue weighted by atomic mass is 10.3. The monoisotopic (exact) mass is 333 g/mol. The van der Waals surface area contributed by atoms with E-state index in [2.05, 4.69) is 8.75 Å². The molecule has 0 fully saturated rings. The second kappa shape index (κ2) is 6.80. The van der Waals surface area contributed by atoms with Crippen LogP contribution in [0.25, 0.3) is 11.0 Å². The molecule has 0 atom stereocenters. The van der Waals surface area contributed by atoms with Gasteiger partial charge >= 0.3 is 0 Å². The molecule has 1 aromatic heterocycles. The number of hydrogen-bond acceptors (Lipinski definition) is 5. The van der Waals surface area contributed by atoms with E-state index in [1.807, 2.05) is 6.92 Å². The molecule has 0 aliphatic carbocycles. The summed E-state index contributed by atoms with van der Waals surface area (Å²) in [5, 5.41) is 0. The molecule has 5 nitrogen and oxygen atoms in total. The van der Waals surface area contributed by atoms with Crippen LogP contribution in [0, 0.1) is 0 Å². The Bertz CT molecular complexity index is 672. The quantitative estimate of drug-likeness (QED) is 0.731. The number of alkyl halides is 1. The third-order valence-corrected chi connectivity index (χ3v) is 5.60. The fourth-order valence-electron chi connectivity index (χ4n) is 1.91. The Balaban J connectivity index is 2.43. The van der Waals surface area contributed by atoms with Gasteiger partial charge in [0, 0.05) is 19.0 Å². The minimum absolute atomic E-state index is 0.213. The molecule has 2 rings (SSSR count). The standard InChI is InChI=1S/C12H16ClN3O2S2/c1-2-3-8-16(9-7-13)20(17,18)11-6-4-5-10-12(11)15-19-14-10/h4-6H,2-3,7-9H2,1H3. The maximum absolute atomic E-state index is 12.7. The van der Waals surface area contributed by atoms with Gasteiger partial charge in [-0.05, 0) is 18.6 Å². The minimum atomic E-state index is -3.58. The van der Waals surface area contributed by atoms with Crippen molar-refractivity contribution in [3.63, 3.8) is 0 Å². The number of hydrogen-bond donors (Lipinski definition) is 0. The first-order valence-corrected chi connectivity index (χ1v) is 9.09. The first-order chi connectivity index (χ1) is 9.61. The van der Waals surface area contributed by atoms with Crippen molar-refractivity contribution < 1.29 is 8.42 Å². The third-order valence-electron chi connectivity index (χ3n) is 2.96. The molecular weight excluding hydrogens is 318 g/mol. The lowest BCUT2D eigenvalue weighted by Gasteiger charge is -2.21. The molecule has 0 spiro atoms. The van der Waals surface area contributed by atoms with E-state index in [0.717, 1.165) is 24.6 Å². The molecule has 0 aliphatic rings. The van der Waals surface area contributed by atoms with Gasteiger partial charge in [-0.3, -0.25) is 0 Å². The van der Waals surface area contributed by atoms with E-state index < -0.39 is 10.0 Å². The number of rotatable bonds is 7. The van der Waals surface area contributed by atoms with Crippen LogP contribution in [0.5, 0.6) is 0 Å². The third kappa shape index (κ3) is 3.11. The van der Waals surface area contributed by atoms with E-state index in [9.17, 15) is 8.42 Å². The van der Waals surface area contributed by atoms with Gasteiger partial charge in [-0.2, -0.15) is 13.1 Å². The number of nitrogens with zero attached hydrogens (tertiary/aromatic N) is 3. The predicted molar refractivity (Wildman–Crippen MR) is 81.8 cm³/mol. The molecule has 0 radical (unpaired) electrons. The molecule has 110 valence electrons. The van der Waals surface area contributed by atoms with Gasteiger partial charge in [0.15, 0.2) is 0 Å². The topological polar surface area (TPSA) is 63.2 Å². The van der Waals surface area contributed by atoms with Crippen molar-refractivity contribution in [1.82, 2.24) is 13.1 Å². The molecule has 2 aromatic rings. The van der Waals surface area contributed by atoms with E-state index >= 15 is 0 Å². The van der Waals surface area contributed by atoms with Crippen LogP contribution in [-0.2, 0) is 10.0 Å². The van der Waals surface area contributed by atoms with E-state index in [-0.39, 0.29) is 10.8 Å². The van der Waals surface area contributed by atoms with E-state index in [0.29, 0.717) is 24.1 Å². The molecule has 0 aliphatic heterocycles. The Morgan fingerprint density at radius 1 is 1.30 bits per heavy atom. The highest BCUT2D eigenvalue weighted by molar-refractivity contribution is 7.89. The first-order valence-electron chi connectivity index (χ1n) is 6.38. The van der Waals surface area contributed by atoms with Crippen molar-refractivity contribution in [3.8, 4) is 0 Å². The summed E-state index contributed by atoms with van der Waals surface area (Å²) in [5.41, 5.74) is 1.05. The Morgan fingerprint density at radius 2 is 2.10 bits per heavy atom. The summed E-state index contributed by atoms with van der Waals surface area (Å²) >= 11 is 6.75. The zero-order chi connectivity index (χ0) is 14.6. The predicted octanol–water partition coefficient (Wildman–Crippen LogP) is 2.72. The fourth-order valence-corrected chi connectivity index (χ4v) is 4.45. The van der Waals surface area contributed by atoms with Crippen molar-refractivity contribution in [3.05, 3.63) is 18.2 Å². The van der Waals surface area contributed by atoms with Crippen LogP contribution in [0.2, 0.25) is 0 Å². The maximum atomic E-state index is 12.7. The zero-order valence-corrected chi connectivity index (χ0v) is 13.5. The maximum Gasteiger partial charge on any atom is 0.245 e. The summed E-state index contributed by atoms with van der Waals surface area (Å²) in [6.07, 6.45) is 1.73. The normalized spacial score (nSPS) is 12.3. The lowest BCUT2D eigenvalue weighted by molar-refractivity contribution is 0.421. The Hall–Kier alpha value is -0.760. The van der Waals surface area contributed by atoms with Gasteiger partial charge < -0.3 is 0 Å². The second-order valence-electron chi connectivity index (χ2n) is 4.33. The lowest BCUT2D eigenvalue weighted by Crippen LogP contribution is -2.33. The van der Waals surface area contributed by atoms with Crippen molar-refractivity contribution in [1.29, 1.82) is 0 Å². The van der Waals surface area contributed by atoms with E-state index in [1.165, 1.54) is 4.31 Å². The van der Waals surface area contributed by atoms with Gasteiger partial charge in [-0.15, -0.1) is 11.6 Å². The largest absolute Gasteiger partial charge is 0.245 e. The van der Waals surface area contributed by atoms with Crippen molar-refractivity contribution in [2.75, 3.05) is 19.0 Å². The number of aromatic nitrogens is 2. The molecule has 20 heavy (non-hydrogen) atoms. The summed E-state index contributed by atoms with van der Waals surface area (Å²) in [7, 11) is -3.58. The Morgan fingerprint density at radius 3 is 2.80 bits per heavy atom. The van der Waals surface area contributed by atoms with Crippen LogP contribution in [0.4, 0.5) is 0 Å². The smallest absolute Gasteiger partial charge is 0.207 e. The van der Waals surface area contributed by atoms with Crippen molar-refractivity contribution >= 4 is 44.4 Å². The molecule has 0 unspecified atom stereocenters. The summed E-state index contributed by atoms with van der Waals surface area (Å²) < 4.78 is 35.1.